The van der Waals surface area contributed by atoms with Gasteiger partial charge in [-0.05, 0) is 24.1 Å². The van der Waals surface area contributed by atoms with E-state index in [1.54, 1.807) is 6.07 Å². The van der Waals surface area contributed by atoms with Crippen molar-refractivity contribution in [3.63, 3.8) is 0 Å². The third-order valence-corrected chi connectivity index (χ3v) is 2.13. The van der Waals surface area contributed by atoms with Gasteiger partial charge in [-0.2, -0.15) is 0 Å². The van der Waals surface area contributed by atoms with Crippen LogP contribution in [0.25, 0.3) is 0 Å². The number of carbonyl (C=O) groups excluding carboxylic acids is 1. The van der Waals surface area contributed by atoms with Crippen LogP contribution in [0.2, 0.25) is 5.02 Å². The highest BCUT2D eigenvalue weighted by molar-refractivity contribution is 6.30. The summed E-state index contributed by atoms with van der Waals surface area (Å²) in [5, 5.41) is 0.660. The molecule has 0 saturated carbocycles. The van der Waals surface area contributed by atoms with Gasteiger partial charge in [0.1, 0.15) is 6.10 Å². The predicted molar refractivity (Wildman–Crippen MR) is 56.3 cm³/mol. The molecule has 0 aromatic heterocycles. The summed E-state index contributed by atoms with van der Waals surface area (Å²) in [7, 11) is 0. The van der Waals surface area contributed by atoms with Crippen LogP contribution >= 0.6 is 11.6 Å². The molecule has 0 N–H and O–H groups in total. The predicted octanol–water partition coefficient (Wildman–Crippen LogP) is 3.35. The van der Waals surface area contributed by atoms with E-state index >= 15 is 0 Å². The van der Waals surface area contributed by atoms with Gasteiger partial charge in [0.2, 0.25) is 0 Å². The Kier molecular flexibility index (Phi) is 3.96. The smallest absolute Gasteiger partial charge is 0.303 e. The average Bonchev–Trinajstić information content (AvgIpc) is 2.14. The van der Waals surface area contributed by atoms with Crippen LogP contribution < -0.4 is 0 Å². The maximum absolute atomic E-state index is 10.8. The zero-order valence-corrected chi connectivity index (χ0v) is 9.04. The maximum Gasteiger partial charge on any atom is 0.303 e. The lowest BCUT2D eigenvalue weighted by Crippen LogP contribution is -2.07. The normalized spacial score (nSPS) is 12.2. The molecule has 0 amide bonds. The molecule has 0 aliphatic rings. The van der Waals surface area contributed by atoms with Crippen molar-refractivity contribution in [1.82, 2.24) is 0 Å². The highest BCUT2D eigenvalue weighted by atomic mass is 35.5. The number of rotatable bonds is 3. The number of esters is 1. The van der Waals surface area contributed by atoms with Crippen LogP contribution in [0.5, 0.6) is 0 Å². The minimum absolute atomic E-state index is 0.189. The van der Waals surface area contributed by atoms with Gasteiger partial charge in [-0.15, -0.1) is 0 Å². The van der Waals surface area contributed by atoms with E-state index in [0.29, 0.717) is 5.02 Å². The quantitative estimate of drug-likeness (QED) is 0.719. The number of hydrogen-bond donors (Lipinski definition) is 0. The lowest BCUT2D eigenvalue weighted by atomic mass is 10.1. The third-order valence-electron chi connectivity index (χ3n) is 1.90. The third kappa shape index (κ3) is 3.04. The molecule has 0 unspecified atom stereocenters. The Labute approximate surface area is 88.8 Å². The van der Waals surface area contributed by atoms with Gasteiger partial charge < -0.3 is 4.74 Å². The van der Waals surface area contributed by atoms with Gasteiger partial charge in [0, 0.05) is 11.9 Å². The molecule has 1 aromatic rings. The standard InChI is InChI=1S/C11H13ClO2/c1-3-11(14-8(2)13)9-5-4-6-10(12)7-9/h4-7,11H,3H2,1-2H3/t11-/m1/s1. The van der Waals surface area contributed by atoms with E-state index < -0.39 is 0 Å². The summed E-state index contributed by atoms with van der Waals surface area (Å²) < 4.78 is 5.14. The van der Waals surface area contributed by atoms with Gasteiger partial charge in [0.05, 0.1) is 0 Å². The molecule has 0 aliphatic heterocycles. The molecule has 0 saturated heterocycles. The van der Waals surface area contributed by atoms with Crippen molar-refractivity contribution < 1.29 is 9.53 Å². The van der Waals surface area contributed by atoms with Crippen molar-refractivity contribution in [3.8, 4) is 0 Å². The Morgan fingerprint density at radius 1 is 1.57 bits per heavy atom. The summed E-state index contributed by atoms with van der Waals surface area (Å²) in [4.78, 5) is 10.8. The Morgan fingerprint density at radius 3 is 2.79 bits per heavy atom. The van der Waals surface area contributed by atoms with Gasteiger partial charge in [0.15, 0.2) is 0 Å². The molecule has 0 spiro atoms. The van der Waals surface area contributed by atoms with E-state index in [-0.39, 0.29) is 12.1 Å². The summed E-state index contributed by atoms with van der Waals surface area (Å²) in [6.07, 6.45) is 0.561. The molecule has 0 heterocycles. The molecule has 0 aliphatic carbocycles. The molecule has 1 aromatic carbocycles. The van der Waals surface area contributed by atoms with Gasteiger partial charge in [-0.1, -0.05) is 30.7 Å². The summed E-state index contributed by atoms with van der Waals surface area (Å²) >= 11 is 5.84. The maximum atomic E-state index is 10.8. The van der Waals surface area contributed by atoms with Gasteiger partial charge in [-0.3, -0.25) is 4.79 Å². The molecule has 76 valence electrons. The fraction of sp³-hybridized carbons (Fsp3) is 0.364. The number of benzene rings is 1. The van der Waals surface area contributed by atoms with Gasteiger partial charge >= 0.3 is 5.97 Å². The number of halogens is 1. The second kappa shape index (κ2) is 5.01. The Balaban J connectivity index is 2.83. The first-order valence-corrected chi connectivity index (χ1v) is 4.94. The molecule has 0 fully saturated rings. The minimum atomic E-state index is -0.267. The molecule has 0 radical (unpaired) electrons. The fourth-order valence-electron chi connectivity index (χ4n) is 1.29. The van der Waals surface area contributed by atoms with Crippen LogP contribution in [0.15, 0.2) is 24.3 Å². The zero-order valence-electron chi connectivity index (χ0n) is 8.29. The highest BCUT2D eigenvalue weighted by Gasteiger charge is 2.12. The molecule has 1 rings (SSSR count). The van der Waals surface area contributed by atoms with Crippen molar-refractivity contribution in [2.24, 2.45) is 0 Å². The summed E-state index contributed by atoms with van der Waals surface area (Å²) in [6, 6.07) is 7.37. The van der Waals surface area contributed by atoms with Gasteiger partial charge in [-0.25, -0.2) is 0 Å². The lowest BCUT2D eigenvalue weighted by molar-refractivity contribution is -0.146. The monoisotopic (exact) mass is 212 g/mol. The number of hydrogen-bond acceptors (Lipinski definition) is 2. The number of ether oxygens (including phenoxy) is 1. The first-order chi connectivity index (χ1) is 6.63. The second-order valence-corrected chi connectivity index (χ2v) is 3.50. The van der Waals surface area contributed by atoms with Crippen LogP contribution in [0, 0.1) is 0 Å². The van der Waals surface area contributed by atoms with E-state index in [1.165, 1.54) is 6.92 Å². The van der Waals surface area contributed by atoms with Crippen molar-refractivity contribution in [2.75, 3.05) is 0 Å². The van der Waals surface area contributed by atoms with Crippen LogP contribution in [0.3, 0.4) is 0 Å². The van der Waals surface area contributed by atoms with Crippen molar-refractivity contribution in [2.45, 2.75) is 26.4 Å². The van der Waals surface area contributed by atoms with E-state index in [4.69, 9.17) is 16.3 Å². The largest absolute Gasteiger partial charge is 0.458 e. The zero-order chi connectivity index (χ0) is 10.6. The summed E-state index contributed by atoms with van der Waals surface area (Å²) in [5.74, 6) is -0.267. The lowest BCUT2D eigenvalue weighted by Gasteiger charge is -2.15. The Morgan fingerprint density at radius 2 is 2.29 bits per heavy atom. The van der Waals surface area contributed by atoms with E-state index in [2.05, 4.69) is 0 Å². The number of carbonyl (C=O) groups is 1. The van der Waals surface area contributed by atoms with Crippen LogP contribution in [-0.2, 0) is 9.53 Å². The SMILES string of the molecule is CC[C@@H](OC(C)=O)c1cccc(Cl)c1. The van der Waals surface area contributed by atoms with Crippen molar-refractivity contribution in [1.29, 1.82) is 0 Å². The summed E-state index contributed by atoms with van der Waals surface area (Å²) in [5.41, 5.74) is 0.940. The van der Waals surface area contributed by atoms with Crippen LogP contribution in [0.1, 0.15) is 31.9 Å². The Hall–Kier alpha value is -1.02. The first-order valence-electron chi connectivity index (χ1n) is 4.56. The van der Waals surface area contributed by atoms with Crippen molar-refractivity contribution in [3.05, 3.63) is 34.9 Å². The van der Waals surface area contributed by atoms with E-state index in [0.717, 1.165) is 12.0 Å². The minimum Gasteiger partial charge on any atom is -0.458 e. The van der Waals surface area contributed by atoms with Crippen LogP contribution in [-0.4, -0.2) is 5.97 Å². The van der Waals surface area contributed by atoms with E-state index in [9.17, 15) is 4.79 Å². The summed E-state index contributed by atoms with van der Waals surface area (Å²) in [6.45, 7) is 3.38. The first kappa shape index (κ1) is 11.1. The average molecular weight is 213 g/mol. The van der Waals surface area contributed by atoms with Crippen molar-refractivity contribution >= 4 is 17.6 Å². The molecule has 0 bridgehead atoms. The second-order valence-electron chi connectivity index (χ2n) is 3.06. The van der Waals surface area contributed by atoms with Crippen LogP contribution in [0.4, 0.5) is 0 Å². The fourth-order valence-corrected chi connectivity index (χ4v) is 1.49. The molecule has 14 heavy (non-hydrogen) atoms. The van der Waals surface area contributed by atoms with E-state index in [1.807, 2.05) is 25.1 Å². The molecule has 3 heteroatoms. The molecule has 2 nitrogen and oxygen atoms in total. The Bertz CT molecular complexity index is 323. The highest BCUT2D eigenvalue weighted by Crippen LogP contribution is 2.23. The molecule has 1 atom stereocenters. The topological polar surface area (TPSA) is 26.3 Å². The molecular weight excluding hydrogens is 200 g/mol. The van der Waals surface area contributed by atoms with Gasteiger partial charge in [0.25, 0.3) is 0 Å². The molecular formula is C11H13ClO2.